The lowest BCUT2D eigenvalue weighted by Gasteiger charge is -1.90. The number of hydrogen-bond donors (Lipinski definition) is 0. The molecule has 0 radical (unpaired) electrons. The molecule has 3 rings (SSSR count). The SMILES string of the molecule is Cc1c(Br)sc2sc3sc(Br)c(C)c3c12. The predicted octanol–water partition coefficient (Wildman–Crippen LogP) is 6.32. The molecule has 3 aromatic rings. The third kappa shape index (κ3) is 1.40. The lowest BCUT2D eigenvalue weighted by atomic mass is 10.1. The van der Waals surface area contributed by atoms with Gasteiger partial charge in [0.1, 0.15) is 0 Å². The molecule has 0 unspecified atom stereocenters. The zero-order valence-corrected chi connectivity index (χ0v) is 13.6. The van der Waals surface area contributed by atoms with Crippen molar-refractivity contribution in [3.8, 4) is 0 Å². The smallest absolute Gasteiger partial charge is 0.0901 e. The van der Waals surface area contributed by atoms with E-state index in [0.29, 0.717) is 0 Å². The van der Waals surface area contributed by atoms with Crippen molar-refractivity contribution in [2.45, 2.75) is 13.8 Å². The Morgan fingerprint density at radius 1 is 0.733 bits per heavy atom. The second kappa shape index (κ2) is 3.53. The summed E-state index contributed by atoms with van der Waals surface area (Å²) in [6.07, 6.45) is 0. The van der Waals surface area contributed by atoms with Crippen LogP contribution >= 0.6 is 65.9 Å². The van der Waals surface area contributed by atoms with E-state index < -0.39 is 0 Å². The summed E-state index contributed by atoms with van der Waals surface area (Å²) < 4.78 is 5.42. The summed E-state index contributed by atoms with van der Waals surface area (Å²) >= 11 is 12.9. The van der Waals surface area contributed by atoms with Gasteiger partial charge in [0.05, 0.1) is 15.6 Å². The van der Waals surface area contributed by atoms with Crippen LogP contribution < -0.4 is 0 Å². The topological polar surface area (TPSA) is 0 Å². The maximum atomic E-state index is 3.62. The molecule has 0 saturated carbocycles. The Kier molecular flexibility index (Phi) is 2.53. The van der Waals surface area contributed by atoms with Gasteiger partial charge in [-0.05, 0) is 56.8 Å². The van der Waals surface area contributed by atoms with Crippen LogP contribution in [0.25, 0.3) is 18.8 Å². The molecule has 0 atom stereocenters. The second-order valence-corrected chi connectivity index (χ2v) is 9.64. The van der Waals surface area contributed by atoms with Crippen molar-refractivity contribution >= 4 is 84.7 Å². The van der Waals surface area contributed by atoms with E-state index in [0.717, 1.165) is 0 Å². The number of halogens is 2. The molecule has 0 fully saturated rings. The molecule has 15 heavy (non-hydrogen) atoms. The number of fused-ring (bicyclic) bond motifs is 3. The highest BCUT2D eigenvalue weighted by atomic mass is 79.9. The van der Waals surface area contributed by atoms with Crippen molar-refractivity contribution < 1.29 is 0 Å². The highest BCUT2D eigenvalue weighted by molar-refractivity contribution is 9.11. The molecular weight excluding hydrogens is 376 g/mol. The minimum absolute atomic E-state index is 1.27. The summed E-state index contributed by atoms with van der Waals surface area (Å²) in [5.74, 6) is 0. The highest BCUT2D eigenvalue weighted by Gasteiger charge is 2.17. The molecule has 0 nitrogen and oxygen atoms in total. The molecule has 78 valence electrons. The lowest BCUT2D eigenvalue weighted by molar-refractivity contribution is 1.55. The van der Waals surface area contributed by atoms with Crippen LogP contribution in [-0.4, -0.2) is 0 Å². The van der Waals surface area contributed by atoms with Gasteiger partial charge in [0.2, 0.25) is 0 Å². The van der Waals surface area contributed by atoms with E-state index in [9.17, 15) is 0 Å². The van der Waals surface area contributed by atoms with Crippen LogP contribution in [0.2, 0.25) is 0 Å². The Morgan fingerprint density at radius 2 is 1.13 bits per heavy atom. The van der Waals surface area contributed by atoms with Gasteiger partial charge in [-0.3, -0.25) is 0 Å². The minimum atomic E-state index is 1.27. The zero-order valence-electron chi connectivity index (χ0n) is 7.98. The van der Waals surface area contributed by atoms with Gasteiger partial charge in [0.25, 0.3) is 0 Å². The van der Waals surface area contributed by atoms with Gasteiger partial charge < -0.3 is 0 Å². The summed E-state index contributed by atoms with van der Waals surface area (Å²) in [6, 6.07) is 0. The van der Waals surface area contributed by atoms with Crippen LogP contribution in [0.15, 0.2) is 7.57 Å². The molecule has 0 aliphatic carbocycles. The van der Waals surface area contributed by atoms with Crippen LogP contribution in [-0.2, 0) is 0 Å². The van der Waals surface area contributed by atoms with Crippen molar-refractivity contribution in [3.63, 3.8) is 0 Å². The largest absolute Gasteiger partial charge is 0.117 e. The fourth-order valence-electron chi connectivity index (χ4n) is 1.73. The maximum absolute atomic E-state index is 3.62. The van der Waals surface area contributed by atoms with Crippen LogP contribution in [0.4, 0.5) is 0 Å². The molecule has 3 heterocycles. The first-order chi connectivity index (χ1) is 7.09. The van der Waals surface area contributed by atoms with E-state index in [-0.39, 0.29) is 0 Å². The lowest BCUT2D eigenvalue weighted by Crippen LogP contribution is -1.69. The van der Waals surface area contributed by atoms with E-state index in [1.54, 1.807) is 0 Å². The molecule has 0 N–H and O–H groups in total. The van der Waals surface area contributed by atoms with Crippen molar-refractivity contribution in [3.05, 3.63) is 18.7 Å². The molecule has 0 saturated heterocycles. The molecular formula is C10H6Br2S3. The predicted molar refractivity (Wildman–Crippen MR) is 80.0 cm³/mol. The minimum Gasteiger partial charge on any atom is -0.117 e. The summed E-state index contributed by atoms with van der Waals surface area (Å²) in [5.41, 5.74) is 2.77. The van der Waals surface area contributed by atoms with Gasteiger partial charge in [-0.1, -0.05) is 0 Å². The van der Waals surface area contributed by atoms with E-state index in [1.807, 2.05) is 34.0 Å². The third-order valence-corrected chi connectivity index (χ3v) is 8.24. The number of thiophene rings is 3. The first-order valence-corrected chi connectivity index (χ1v) is 8.39. The number of rotatable bonds is 0. The Morgan fingerprint density at radius 3 is 1.53 bits per heavy atom. The first-order valence-electron chi connectivity index (χ1n) is 4.35. The molecule has 0 bridgehead atoms. The normalized spacial score (nSPS) is 12.0. The third-order valence-electron chi connectivity index (χ3n) is 2.55. The van der Waals surface area contributed by atoms with Gasteiger partial charge in [0.15, 0.2) is 0 Å². The fraction of sp³-hybridized carbons (Fsp3) is 0.200. The molecule has 0 spiro atoms. The standard InChI is InChI=1S/C10H6Br2S3/c1-3-5-6-4(2)8(12)14-10(6)15-9(5)13-7(3)11/h1-2H3. The maximum Gasteiger partial charge on any atom is 0.0901 e. The van der Waals surface area contributed by atoms with Gasteiger partial charge in [-0.25, -0.2) is 0 Å². The van der Waals surface area contributed by atoms with Crippen molar-refractivity contribution in [1.29, 1.82) is 0 Å². The fourth-order valence-corrected chi connectivity index (χ4v) is 7.66. The first kappa shape index (κ1) is 10.7. The highest BCUT2D eigenvalue weighted by Crippen LogP contribution is 2.49. The van der Waals surface area contributed by atoms with Gasteiger partial charge in [-0.2, -0.15) is 0 Å². The van der Waals surface area contributed by atoms with Crippen molar-refractivity contribution in [2.24, 2.45) is 0 Å². The van der Waals surface area contributed by atoms with Gasteiger partial charge in [-0.15, -0.1) is 34.0 Å². The summed E-state index contributed by atoms with van der Waals surface area (Å²) in [7, 11) is 0. The average Bonchev–Trinajstić information content (AvgIpc) is 2.72. The summed E-state index contributed by atoms with van der Waals surface area (Å²) in [6.45, 7) is 4.39. The zero-order chi connectivity index (χ0) is 10.7. The Labute approximate surface area is 116 Å². The molecule has 0 aromatic carbocycles. The quantitative estimate of drug-likeness (QED) is 0.427. The van der Waals surface area contributed by atoms with E-state index in [2.05, 4.69) is 45.7 Å². The van der Waals surface area contributed by atoms with Gasteiger partial charge in [0, 0.05) is 10.8 Å². The summed E-state index contributed by atoms with van der Waals surface area (Å²) in [4.78, 5) is 0. The van der Waals surface area contributed by atoms with E-state index in [1.165, 1.54) is 37.5 Å². The van der Waals surface area contributed by atoms with Gasteiger partial charge >= 0.3 is 0 Å². The molecule has 0 aliphatic heterocycles. The van der Waals surface area contributed by atoms with E-state index in [4.69, 9.17) is 0 Å². The van der Waals surface area contributed by atoms with Crippen LogP contribution in [0.5, 0.6) is 0 Å². The molecule has 0 aliphatic rings. The van der Waals surface area contributed by atoms with Crippen LogP contribution in [0.3, 0.4) is 0 Å². The van der Waals surface area contributed by atoms with E-state index >= 15 is 0 Å². The second-order valence-electron chi connectivity index (χ2n) is 3.43. The Balaban J connectivity index is 2.62. The number of hydrogen-bond acceptors (Lipinski definition) is 3. The molecule has 0 amide bonds. The molecule has 5 heteroatoms. The monoisotopic (exact) mass is 380 g/mol. The average molecular weight is 382 g/mol. The van der Waals surface area contributed by atoms with Crippen molar-refractivity contribution in [1.82, 2.24) is 0 Å². The number of aryl methyl sites for hydroxylation is 2. The van der Waals surface area contributed by atoms with Crippen LogP contribution in [0.1, 0.15) is 11.1 Å². The summed E-state index contributed by atoms with van der Waals surface area (Å²) in [5, 5.41) is 2.90. The Bertz CT molecular complexity index is 615. The Hall–Kier alpha value is 0.580. The molecule has 3 aromatic heterocycles. The van der Waals surface area contributed by atoms with Crippen molar-refractivity contribution in [2.75, 3.05) is 0 Å². The van der Waals surface area contributed by atoms with Crippen LogP contribution in [0, 0.1) is 13.8 Å².